The molecule has 4 nitrogen and oxygen atoms in total. The van der Waals surface area contributed by atoms with Crippen LogP contribution < -0.4 is 0 Å². The van der Waals surface area contributed by atoms with Gasteiger partial charge in [-0.3, -0.25) is 4.79 Å². The summed E-state index contributed by atoms with van der Waals surface area (Å²) in [7, 11) is 0. The van der Waals surface area contributed by atoms with E-state index >= 15 is 0 Å². The van der Waals surface area contributed by atoms with Gasteiger partial charge in [0, 0.05) is 0 Å². The third kappa shape index (κ3) is 6.08. The smallest absolute Gasteiger partial charge is 0.308 e. The van der Waals surface area contributed by atoms with Crippen molar-refractivity contribution in [1.29, 1.82) is 0 Å². The van der Waals surface area contributed by atoms with Crippen molar-refractivity contribution in [3.63, 3.8) is 0 Å². The summed E-state index contributed by atoms with van der Waals surface area (Å²) in [5, 5.41) is 9.77. The lowest BCUT2D eigenvalue weighted by molar-refractivity contribution is -0.148. The van der Waals surface area contributed by atoms with Crippen LogP contribution in [0, 0.1) is 0 Å². The first-order valence-electron chi connectivity index (χ1n) is 7.23. The van der Waals surface area contributed by atoms with Crippen molar-refractivity contribution >= 4 is 5.97 Å². The summed E-state index contributed by atoms with van der Waals surface area (Å²) >= 11 is 0. The Morgan fingerprint density at radius 2 is 1.45 bits per heavy atom. The fourth-order valence-corrected chi connectivity index (χ4v) is 1.94. The molecule has 0 saturated carbocycles. The first kappa shape index (κ1) is 16.2. The molecule has 22 heavy (non-hydrogen) atoms. The highest BCUT2D eigenvalue weighted by atomic mass is 16.5. The predicted molar refractivity (Wildman–Crippen MR) is 83.0 cm³/mol. The van der Waals surface area contributed by atoms with Crippen molar-refractivity contribution in [3.8, 4) is 0 Å². The number of esters is 1. The minimum Gasteiger partial charge on any atom is -0.461 e. The molecule has 0 heterocycles. The van der Waals surface area contributed by atoms with Crippen LogP contribution in [0.3, 0.4) is 0 Å². The molecule has 0 radical (unpaired) electrons. The average Bonchev–Trinajstić information content (AvgIpc) is 2.55. The average molecular weight is 300 g/mol. The summed E-state index contributed by atoms with van der Waals surface area (Å²) in [5.41, 5.74) is 1.95. The number of rotatable bonds is 8. The van der Waals surface area contributed by atoms with E-state index in [1.807, 2.05) is 60.7 Å². The van der Waals surface area contributed by atoms with Gasteiger partial charge in [0.25, 0.3) is 0 Å². The van der Waals surface area contributed by atoms with Gasteiger partial charge in [0.15, 0.2) is 0 Å². The molecule has 0 aliphatic rings. The number of ether oxygens (including phenoxy) is 2. The van der Waals surface area contributed by atoms with Gasteiger partial charge >= 0.3 is 5.97 Å². The molecule has 0 spiro atoms. The summed E-state index contributed by atoms with van der Waals surface area (Å²) < 4.78 is 10.5. The minimum atomic E-state index is -0.855. The Morgan fingerprint density at radius 1 is 0.909 bits per heavy atom. The van der Waals surface area contributed by atoms with Crippen molar-refractivity contribution in [2.45, 2.75) is 25.7 Å². The van der Waals surface area contributed by atoms with Crippen LogP contribution in [0.25, 0.3) is 0 Å². The van der Waals surface area contributed by atoms with Crippen molar-refractivity contribution < 1.29 is 19.4 Å². The Morgan fingerprint density at radius 3 is 2.05 bits per heavy atom. The van der Waals surface area contributed by atoms with E-state index < -0.39 is 12.1 Å². The van der Waals surface area contributed by atoms with Crippen LogP contribution in [-0.4, -0.2) is 23.8 Å². The molecule has 0 aliphatic heterocycles. The van der Waals surface area contributed by atoms with E-state index in [1.54, 1.807) is 0 Å². The van der Waals surface area contributed by atoms with Gasteiger partial charge in [-0.15, -0.1) is 0 Å². The zero-order chi connectivity index (χ0) is 15.6. The summed E-state index contributed by atoms with van der Waals surface area (Å²) in [5.74, 6) is -0.431. The highest BCUT2D eigenvalue weighted by molar-refractivity contribution is 5.69. The van der Waals surface area contributed by atoms with Gasteiger partial charge in [0.05, 0.1) is 25.7 Å². The lowest BCUT2D eigenvalue weighted by atomic mass is 10.2. The largest absolute Gasteiger partial charge is 0.461 e. The van der Waals surface area contributed by atoms with E-state index in [-0.39, 0.29) is 19.6 Å². The molecule has 0 aromatic heterocycles. The third-order valence-corrected chi connectivity index (χ3v) is 3.07. The van der Waals surface area contributed by atoms with Crippen LogP contribution in [0.4, 0.5) is 0 Å². The van der Waals surface area contributed by atoms with Crippen molar-refractivity contribution in [1.82, 2.24) is 0 Å². The topological polar surface area (TPSA) is 55.8 Å². The molecule has 2 rings (SSSR count). The van der Waals surface area contributed by atoms with E-state index in [0.29, 0.717) is 6.61 Å². The third-order valence-electron chi connectivity index (χ3n) is 3.07. The Hall–Kier alpha value is -2.17. The number of carbonyl (C=O) groups is 1. The second-order valence-electron chi connectivity index (χ2n) is 5.00. The van der Waals surface area contributed by atoms with Crippen LogP contribution in [0.5, 0.6) is 0 Å². The first-order chi connectivity index (χ1) is 10.7. The standard InChI is InChI=1S/C18H20O4/c19-17(14-21-12-15-7-3-1-4-8-15)11-18(20)22-13-16-9-5-2-6-10-16/h1-10,17,19H,11-14H2. The fourth-order valence-electron chi connectivity index (χ4n) is 1.94. The second-order valence-corrected chi connectivity index (χ2v) is 5.00. The molecule has 0 amide bonds. The highest BCUT2D eigenvalue weighted by Gasteiger charge is 2.12. The van der Waals surface area contributed by atoms with Crippen LogP contribution >= 0.6 is 0 Å². The molecule has 2 aromatic rings. The van der Waals surface area contributed by atoms with Crippen LogP contribution in [0.2, 0.25) is 0 Å². The minimum absolute atomic E-state index is 0.0678. The molecule has 1 atom stereocenters. The lowest BCUT2D eigenvalue weighted by Gasteiger charge is -2.11. The van der Waals surface area contributed by atoms with Crippen molar-refractivity contribution in [2.75, 3.05) is 6.61 Å². The van der Waals surface area contributed by atoms with E-state index in [9.17, 15) is 9.90 Å². The fraction of sp³-hybridized carbons (Fsp3) is 0.278. The molecule has 0 fully saturated rings. The van der Waals surface area contributed by atoms with Gasteiger partial charge in [-0.2, -0.15) is 0 Å². The molecule has 4 heteroatoms. The van der Waals surface area contributed by atoms with Gasteiger partial charge < -0.3 is 14.6 Å². The number of aliphatic hydroxyl groups excluding tert-OH is 1. The maximum absolute atomic E-state index is 11.6. The molecular weight excluding hydrogens is 280 g/mol. The van der Waals surface area contributed by atoms with E-state index in [4.69, 9.17) is 9.47 Å². The number of hydrogen-bond donors (Lipinski definition) is 1. The molecule has 1 N–H and O–H groups in total. The van der Waals surface area contributed by atoms with Gasteiger partial charge in [-0.25, -0.2) is 0 Å². The summed E-state index contributed by atoms with van der Waals surface area (Å²) in [4.78, 5) is 11.6. The molecular formula is C18H20O4. The normalized spacial score (nSPS) is 11.9. The van der Waals surface area contributed by atoms with Crippen LogP contribution in [0.1, 0.15) is 17.5 Å². The monoisotopic (exact) mass is 300 g/mol. The Bertz CT molecular complexity index is 554. The van der Waals surface area contributed by atoms with E-state index in [0.717, 1.165) is 11.1 Å². The number of benzene rings is 2. The van der Waals surface area contributed by atoms with E-state index in [1.165, 1.54) is 0 Å². The zero-order valence-corrected chi connectivity index (χ0v) is 12.4. The summed E-state index contributed by atoms with van der Waals surface area (Å²) in [6.07, 6.45) is -0.922. The van der Waals surface area contributed by atoms with Crippen molar-refractivity contribution in [3.05, 3.63) is 71.8 Å². The Balaban J connectivity index is 1.62. The first-order valence-corrected chi connectivity index (χ1v) is 7.23. The molecule has 2 aromatic carbocycles. The van der Waals surface area contributed by atoms with E-state index in [2.05, 4.69) is 0 Å². The molecule has 1 unspecified atom stereocenters. The molecule has 0 bridgehead atoms. The van der Waals surface area contributed by atoms with Gasteiger partial charge in [0.2, 0.25) is 0 Å². The maximum atomic E-state index is 11.6. The lowest BCUT2D eigenvalue weighted by Crippen LogP contribution is -2.21. The number of carbonyl (C=O) groups excluding carboxylic acids is 1. The number of aliphatic hydroxyl groups is 1. The van der Waals surface area contributed by atoms with Crippen LogP contribution in [-0.2, 0) is 27.5 Å². The molecule has 116 valence electrons. The maximum Gasteiger partial charge on any atom is 0.308 e. The zero-order valence-electron chi connectivity index (χ0n) is 12.4. The van der Waals surface area contributed by atoms with Crippen LogP contribution in [0.15, 0.2) is 60.7 Å². The van der Waals surface area contributed by atoms with Gasteiger partial charge in [-0.1, -0.05) is 60.7 Å². The van der Waals surface area contributed by atoms with Crippen molar-refractivity contribution in [2.24, 2.45) is 0 Å². The summed E-state index contributed by atoms with van der Waals surface area (Å²) in [6.45, 7) is 0.740. The van der Waals surface area contributed by atoms with Gasteiger partial charge in [-0.05, 0) is 11.1 Å². The number of hydrogen-bond acceptors (Lipinski definition) is 4. The second kappa shape index (κ2) is 8.97. The SMILES string of the molecule is O=C(CC(O)COCc1ccccc1)OCc1ccccc1. The summed E-state index contributed by atoms with van der Waals surface area (Å²) in [6, 6.07) is 19.1. The Labute approximate surface area is 130 Å². The molecule has 0 saturated heterocycles. The van der Waals surface area contributed by atoms with Gasteiger partial charge in [0.1, 0.15) is 6.61 Å². The predicted octanol–water partition coefficient (Wildman–Crippen LogP) is 2.70. The highest BCUT2D eigenvalue weighted by Crippen LogP contribution is 2.05. The molecule has 0 aliphatic carbocycles. The Kier molecular flexibility index (Phi) is 6.61. The quantitative estimate of drug-likeness (QED) is 0.762.